The minimum Gasteiger partial charge on any atom is -0.480 e. The topological polar surface area (TPSA) is 66.4 Å². The van der Waals surface area contributed by atoms with Crippen LogP contribution in [0.25, 0.3) is 10.8 Å². The van der Waals surface area contributed by atoms with Gasteiger partial charge in [-0.05, 0) is 30.2 Å². The second kappa shape index (κ2) is 5.33. The maximum atomic E-state index is 11.9. The van der Waals surface area contributed by atoms with E-state index >= 15 is 0 Å². The third kappa shape index (κ3) is 3.15. The highest BCUT2D eigenvalue weighted by molar-refractivity contribution is 5.88. The quantitative estimate of drug-likeness (QED) is 0.897. The van der Waals surface area contributed by atoms with Crippen LogP contribution in [-0.4, -0.2) is 22.5 Å². The van der Waals surface area contributed by atoms with Crippen molar-refractivity contribution in [2.75, 3.05) is 0 Å². The minimum absolute atomic E-state index is 0.168. The maximum absolute atomic E-state index is 11.9. The Balaban J connectivity index is 2.12. The largest absolute Gasteiger partial charge is 0.480 e. The molecule has 0 saturated carbocycles. The van der Waals surface area contributed by atoms with Crippen molar-refractivity contribution in [3.8, 4) is 0 Å². The number of carboxylic acid groups (broad SMARTS) is 1. The average Bonchev–Trinajstić information content (AvgIpc) is 2.37. The molecular weight excluding hydrogens is 254 g/mol. The molecule has 2 aromatic carbocycles. The Morgan fingerprint density at radius 1 is 1.10 bits per heavy atom. The molecule has 104 valence electrons. The van der Waals surface area contributed by atoms with E-state index in [-0.39, 0.29) is 12.3 Å². The van der Waals surface area contributed by atoms with Crippen molar-refractivity contribution < 1.29 is 14.7 Å². The van der Waals surface area contributed by atoms with Gasteiger partial charge in [-0.1, -0.05) is 42.5 Å². The van der Waals surface area contributed by atoms with E-state index in [1.807, 2.05) is 42.5 Å². The third-order valence-corrected chi connectivity index (χ3v) is 3.17. The van der Waals surface area contributed by atoms with Gasteiger partial charge in [0.05, 0.1) is 6.42 Å². The van der Waals surface area contributed by atoms with Gasteiger partial charge in [-0.2, -0.15) is 0 Å². The maximum Gasteiger partial charge on any atom is 0.328 e. The standard InChI is InChI=1S/C16H17NO3/c1-16(2,15(19)20)17-14(18)10-11-7-8-12-5-3-4-6-13(12)9-11/h3-9H,10H2,1-2H3,(H,17,18)(H,19,20). The predicted octanol–water partition coefficient (Wildman–Crippen LogP) is 2.36. The van der Waals surface area contributed by atoms with Crippen molar-refractivity contribution in [2.45, 2.75) is 25.8 Å². The second-order valence-electron chi connectivity index (χ2n) is 5.34. The molecule has 0 unspecified atom stereocenters. The average molecular weight is 271 g/mol. The van der Waals surface area contributed by atoms with Gasteiger partial charge in [-0.25, -0.2) is 4.79 Å². The SMILES string of the molecule is CC(C)(NC(=O)Cc1ccc2ccccc2c1)C(=O)O. The number of hydrogen-bond acceptors (Lipinski definition) is 2. The number of fused-ring (bicyclic) bond motifs is 1. The van der Waals surface area contributed by atoms with E-state index in [2.05, 4.69) is 5.32 Å². The lowest BCUT2D eigenvalue weighted by Crippen LogP contribution is -2.50. The van der Waals surface area contributed by atoms with Crippen molar-refractivity contribution in [3.05, 3.63) is 48.0 Å². The molecule has 2 N–H and O–H groups in total. The van der Waals surface area contributed by atoms with Crippen LogP contribution in [-0.2, 0) is 16.0 Å². The van der Waals surface area contributed by atoms with Crippen molar-refractivity contribution in [3.63, 3.8) is 0 Å². The first-order valence-corrected chi connectivity index (χ1v) is 6.40. The van der Waals surface area contributed by atoms with E-state index < -0.39 is 11.5 Å². The zero-order valence-electron chi connectivity index (χ0n) is 11.5. The van der Waals surface area contributed by atoms with E-state index in [9.17, 15) is 9.59 Å². The molecule has 0 aliphatic heterocycles. The van der Waals surface area contributed by atoms with Gasteiger partial charge in [0, 0.05) is 0 Å². The Bertz CT molecular complexity index is 662. The van der Waals surface area contributed by atoms with Gasteiger partial charge in [0.25, 0.3) is 0 Å². The van der Waals surface area contributed by atoms with Gasteiger partial charge < -0.3 is 10.4 Å². The van der Waals surface area contributed by atoms with Gasteiger partial charge in [0.15, 0.2) is 0 Å². The van der Waals surface area contributed by atoms with Crippen LogP contribution in [0.15, 0.2) is 42.5 Å². The summed E-state index contributed by atoms with van der Waals surface area (Å²) in [6.45, 7) is 2.93. The predicted molar refractivity (Wildman–Crippen MR) is 77.5 cm³/mol. The highest BCUT2D eigenvalue weighted by atomic mass is 16.4. The second-order valence-corrected chi connectivity index (χ2v) is 5.34. The molecule has 0 aliphatic rings. The minimum atomic E-state index is -1.26. The molecule has 0 heterocycles. The van der Waals surface area contributed by atoms with Crippen molar-refractivity contribution in [1.82, 2.24) is 5.32 Å². The molecule has 0 aliphatic carbocycles. The molecule has 1 amide bonds. The van der Waals surface area contributed by atoms with E-state index in [0.717, 1.165) is 16.3 Å². The number of carbonyl (C=O) groups excluding carboxylic acids is 1. The summed E-state index contributed by atoms with van der Waals surface area (Å²) in [7, 11) is 0. The summed E-state index contributed by atoms with van der Waals surface area (Å²) in [6, 6.07) is 13.7. The van der Waals surface area contributed by atoms with E-state index in [0.29, 0.717) is 0 Å². The summed E-state index contributed by atoms with van der Waals surface area (Å²) in [6.07, 6.45) is 0.168. The number of rotatable bonds is 4. The van der Waals surface area contributed by atoms with Crippen LogP contribution < -0.4 is 5.32 Å². The fourth-order valence-corrected chi connectivity index (χ4v) is 1.98. The summed E-state index contributed by atoms with van der Waals surface area (Å²) in [5.41, 5.74) is -0.393. The Kier molecular flexibility index (Phi) is 3.74. The molecule has 0 spiro atoms. The Morgan fingerprint density at radius 3 is 2.40 bits per heavy atom. The number of carbonyl (C=O) groups is 2. The lowest BCUT2D eigenvalue weighted by atomic mass is 10.0. The first kappa shape index (κ1) is 14.1. The molecule has 0 radical (unpaired) electrons. The van der Waals surface area contributed by atoms with Gasteiger partial charge in [0.1, 0.15) is 5.54 Å². The summed E-state index contributed by atoms with van der Waals surface area (Å²) >= 11 is 0. The van der Waals surface area contributed by atoms with Crippen molar-refractivity contribution in [1.29, 1.82) is 0 Å². The molecular formula is C16H17NO3. The molecule has 20 heavy (non-hydrogen) atoms. The molecule has 0 bridgehead atoms. The lowest BCUT2D eigenvalue weighted by molar-refractivity contribution is -0.145. The van der Waals surface area contributed by atoms with Gasteiger partial charge >= 0.3 is 5.97 Å². The molecule has 0 saturated heterocycles. The molecule has 4 nitrogen and oxygen atoms in total. The van der Waals surface area contributed by atoms with Gasteiger partial charge in [0.2, 0.25) is 5.91 Å². The third-order valence-electron chi connectivity index (χ3n) is 3.17. The zero-order chi connectivity index (χ0) is 14.8. The lowest BCUT2D eigenvalue weighted by Gasteiger charge is -2.21. The van der Waals surface area contributed by atoms with E-state index in [4.69, 9.17) is 5.11 Å². The Labute approximate surface area is 117 Å². The number of amides is 1. The molecule has 0 aromatic heterocycles. The van der Waals surface area contributed by atoms with Crippen LogP contribution >= 0.6 is 0 Å². The van der Waals surface area contributed by atoms with E-state index in [1.165, 1.54) is 13.8 Å². The Morgan fingerprint density at radius 2 is 1.75 bits per heavy atom. The van der Waals surface area contributed by atoms with Crippen molar-refractivity contribution in [2.24, 2.45) is 0 Å². The van der Waals surface area contributed by atoms with Crippen LogP contribution in [0.3, 0.4) is 0 Å². The fraction of sp³-hybridized carbons (Fsp3) is 0.250. The van der Waals surface area contributed by atoms with Crippen LogP contribution in [0.5, 0.6) is 0 Å². The molecule has 2 rings (SSSR count). The number of nitrogens with one attached hydrogen (secondary N) is 1. The molecule has 4 heteroatoms. The van der Waals surface area contributed by atoms with Crippen molar-refractivity contribution >= 4 is 22.6 Å². The summed E-state index contributed by atoms with van der Waals surface area (Å²) in [5.74, 6) is -1.35. The smallest absolute Gasteiger partial charge is 0.328 e. The highest BCUT2D eigenvalue weighted by Crippen LogP contribution is 2.16. The molecule has 2 aromatic rings. The van der Waals surface area contributed by atoms with Crippen LogP contribution in [0.4, 0.5) is 0 Å². The highest BCUT2D eigenvalue weighted by Gasteiger charge is 2.28. The zero-order valence-corrected chi connectivity index (χ0v) is 11.5. The normalized spacial score (nSPS) is 11.3. The Hall–Kier alpha value is -2.36. The number of benzene rings is 2. The summed E-state index contributed by atoms with van der Waals surface area (Å²) in [4.78, 5) is 22.9. The van der Waals surface area contributed by atoms with Gasteiger partial charge in [-0.15, -0.1) is 0 Å². The van der Waals surface area contributed by atoms with E-state index in [1.54, 1.807) is 0 Å². The first-order valence-electron chi connectivity index (χ1n) is 6.40. The van der Waals surface area contributed by atoms with Crippen LogP contribution in [0.2, 0.25) is 0 Å². The summed E-state index contributed by atoms with van der Waals surface area (Å²) < 4.78 is 0. The van der Waals surface area contributed by atoms with Crippen LogP contribution in [0, 0.1) is 0 Å². The first-order chi connectivity index (χ1) is 9.38. The number of carboxylic acids is 1. The summed E-state index contributed by atoms with van der Waals surface area (Å²) in [5, 5.41) is 13.7. The molecule has 0 fully saturated rings. The fourth-order valence-electron chi connectivity index (χ4n) is 1.98. The monoisotopic (exact) mass is 271 g/mol. The molecule has 0 atom stereocenters. The number of hydrogen-bond donors (Lipinski definition) is 2. The number of aliphatic carboxylic acids is 1. The van der Waals surface area contributed by atoms with Crippen LogP contribution in [0.1, 0.15) is 19.4 Å². The van der Waals surface area contributed by atoms with Gasteiger partial charge in [-0.3, -0.25) is 4.79 Å².